The average Bonchev–Trinajstić information content (AvgIpc) is 2.69. The maximum atomic E-state index is 13.1. The highest BCUT2D eigenvalue weighted by atomic mass is 19.1. The Balaban J connectivity index is 1.62. The summed E-state index contributed by atoms with van der Waals surface area (Å²) in [5, 5.41) is 12.2. The fourth-order valence-corrected chi connectivity index (χ4v) is 3.23. The van der Waals surface area contributed by atoms with E-state index in [9.17, 15) is 14.4 Å². The van der Waals surface area contributed by atoms with Gasteiger partial charge in [-0.3, -0.25) is 4.79 Å². The maximum absolute atomic E-state index is 13.1. The van der Waals surface area contributed by atoms with E-state index in [1.165, 1.54) is 12.1 Å². The van der Waals surface area contributed by atoms with Gasteiger partial charge in [0, 0.05) is 43.8 Å². The third kappa shape index (κ3) is 4.68. The fourth-order valence-electron chi connectivity index (χ4n) is 3.23. The summed E-state index contributed by atoms with van der Waals surface area (Å²) in [7, 11) is 0. The molecule has 6 heteroatoms. The Hall–Kier alpha value is -3.33. The number of hydrogen-bond acceptors (Lipinski definition) is 4. The second-order valence-electron chi connectivity index (χ2n) is 6.93. The molecule has 0 aliphatic carbocycles. The van der Waals surface area contributed by atoms with E-state index in [0.717, 1.165) is 29.9 Å². The molecule has 144 valence electrons. The van der Waals surface area contributed by atoms with Crippen LogP contribution < -0.4 is 10.2 Å². The molecule has 0 bridgehead atoms. The van der Waals surface area contributed by atoms with Crippen LogP contribution in [0.5, 0.6) is 0 Å². The molecule has 0 radical (unpaired) electrons. The molecular weight excluding hydrogens is 355 g/mol. The van der Waals surface area contributed by atoms with E-state index >= 15 is 0 Å². The molecule has 1 heterocycles. The Bertz CT molecular complexity index is 923. The average molecular weight is 378 g/mol. The summed E-state index contributed by atoms with van der Waals surface area (Å²) in [4.78, 5) is 16.6. The zero-order chi connectivity index (χ0) is 20.1. The van der Waals surface area contributed by atoms with E-state index in [2.05, 4.69) is 10.2 Å². The number of nitriles is 1. The standard InChI is InChI=1S/C22H23FN4O/c1-16-3-8-21(17(2)13-16)25-22(28)18(14-24)15-26-9-11-27(12-10-26)20-6-4-19(23)5-7-20/h3-8,13,15H,9-12H2,1-2H3,(H,25,28)/b18-15-. The van der Waals surface area contributed by atoms with Crippen molar-refractivity contribution in [2.75, 3.05) is 36.4 Å². The molecule has 0 unspecified atom stereocenters. The molecule has 0 aromatic heterocycles. The third-order valence-electron chi connectivity index (χ3n) is 4.81. The third-order valence-corrected chi connectivity index (χ3v) is 4.81. The number of carbonyl (C=O) groups excluding carboxylic acids is 1. The summed E-state index contributed by atoms with van der Waals surface area (Å²) >= 11 is 0. The van der Waals surface area contributed by atoms with E-state index in [1.54, 1.807) is 18.3 Å². The van der Waals surface area contributed by atoms with Gasteiger partial charge in [0.2, 0.25) is 0 Å². The molecule has 1 fully saturated rings. The van der Waals surface area contributed by atoms with Crippen LogP contribution in [0.25, 0.3) is 0 Å². The van der Waals surface area contributed by atoms with Gasteiger partial charge in [0.25, 0.3) is 5.91 Å². The van der Waals surface area contributed by atoms with Gasteiger partial charge < -0.3 is 15.1 Å². The van der Waals surface area contributed by atoms with E-state index in [4.69, 9.17) is 0 Å². The van der Waals surface area contributed by atoms with Crippen LogP contribution in [0.4, 0.5) is 15.8 Å². The van der Waals surface area contributed by atoms with E-state index in [0.29, 0.717) is 18.8 Å². The molecule has 3 rings (SSSR count). The fraction of sp³-hybridized carbons (Fsp3) is 0.273. The van der Waals surface area contributed by atoms with E-state index < -0.39 is 5.91 Å². The lowest BCUT2D eigenvalue weighted by molar-refractivity contribution is -0.112. The molecule has 1 N–H and O–H groups in total. The van der Waals surface area contributed by atoms with Crippen LogP contribution in [0.3, 0.4) is 0 Å². The number of hydrogen-bond donors (Lipinski definition) is 1. The predicted octanol–water partition coefficient (Wildman–Crippen LogP) is 3.61. The largest absolute Gasteiger partial charge is 0.373 e. The van der Waals surface area contributed by atoms with Crippen LogP contribution in [0.1, 0.15) is 11.1 Å². The molecule has 1 aliphatic rings. The Morgan fingerprint density at radius 3 is 2.39 bits per heavy atom. The zero-order valence-corrected chi connectivity index (χ0v) is 16.1. The quantitative estimate of drug-likeness (QED) is 0.652. The molecular formula is C22H23FN4O. The number of benzene rings is 2. The van der Waals surface area contributed by atoms with E-state index in [-0.39, 0.29) is 11.4 Å². The SMILES string of the molecule is Cc1ccc(NC(=O)/C(C#N)=C\N2CCN(c3ccc(F)cc3)CC2)c(C)c1. The topological polar surface area (TPSA) is 59.4 Å². The van der Waals surface area contributed by atoms with Gasteiger partial charge in [-0.05, 0) is 49.7 Å². The minimum Gasteiger partial charge on any atom is -0.373 e. The zero-order valence-electron chi connectivity index (χ0n) is 16.1. The van der Waals surface area contributed by atoms with Gasteiger partial charge in [-0.15, -0.1) is 0 Å². The molecule has 0 spiro atoms. The van der Waals surface area contributed by atoms with Gasteiger partial charge in [0.05, 0.1) is 0 Å². The summed E-state index contributed by atoms with van der Waals surface area (Å²) in [5.74, 6) is -0.658. The van der Waals surface area contributed by atoms with Crippen molar-refractivity contribution in [1.82, 2.24) is 4.90 Å². The Morgan fingerprint density at radius 2 is 1.79 bits per heavy atom. The van der Waals surface area contributed by atoms with E-state index in [1.807, 2.05) is 43.0 Å². The van der Waals surface area contributed by atoms with Gasteiger partial charge >= 0.3 is 0 Å². The first-order chi connectivity index (χ1) is 13.5. The first-order valence-corrected chi connectivity index (χ1v) is 9.21. The second-order valence-corrected chi connectivity index (χ2v) is 6.93. The Labute approximate surface area is 164 Å². The molecule has 1 amide bonds. The highest BCUT2D eigenvalue weighted by Gasteiger charge is 2.18. The minimum atomic E-state index is -0.407. The number of nitrogens with zero attached hydrogens (tertiary/aromatic N) is 3. The molecule has 0 saturated carbocycles. The van der Waals surface area contributed by atoms with Crippen molar-refractivity contribution in [1.29, 1.82) is 5.26 Å². The number of nitrogens with one attached hydrogen (secondary N) is 1. The molecule has 0 atom stereocenters. The maximum Gasteiger partial charge on any atom is 0.267 e. The summed E-state index contributed by atoms with van der Waals surface area (Å²) in [6.07, 6.45) is 1.63. The molecule has 1 aliphatic heterocycles. The van der Waals surface area contributed by atoms with Gasteiger partial charge in [0.1, 0.15) is 17.5 Å². The minimum absolute atomic E-state index is 0.0789. The highest BCUT2D eigenvalue weighted by molar-refractivity contribution is 6.06. The number of halogens is 1. The van der Waals surface area contributed by atoms with Crippen molar-refractivity contribution in [3.05, 3.63) is 71.2 Å². The highest BCUT2D eigenvalue weighted by Crippen LogP contribution is 2.19. The smallest absolute Gasteiger partial charge is 0.267 e. The lowest BCUT2D eigenvalue weighted by Crippen LogP contribution is -2.44. The summed E-state index contributed by atoms with van der Waals surface area (Å²) in [5.41, 5.74) is 3.83. The van der Waals surface area contributed by atoms with Crippen molar-refractivity contribution in [3.8, 4) is 6.07 Å². The van der Waals surface area contributed by atoms with Crippen LogP contribution in [-0.4, -0.2) is 37.0 Å². The normalized spacial score (nSPS) is 14.6. The monoisotopic (exact) mass is 378 g/mol. The van der Waals surface area contributed by atoms with Crippen molar-refractivity contribution in [2.45, 2.75) is 13.8 Å². The van der Waals surface area contributed by atoms with Crippen LogP contribution in [0.2, 0.25) is 0 Å². The van der Waals surface area contributed by atoms with Gasteiger partial charge in [-0.25, -0.2) is 4.39 Å². The lowest BCUT2D eigenvalue weighted by Gasteiger charge is -2.35. The van der Waals surface area contributed by atoms with Crippen molar-refractivity contribution in [2.24, 2.45) is 0 Å². The lowest BCUT2D eigenvalue weighted by atomic mass is 10.1. The molecule has 2 aromatic carbocycles. The number of amides is 1. The number of aryl methyl sites for hydroxylation is 2. The Morgan fingerprint density at radius 1 is 1.11 bits per heavy atom. The molecule has 5 nitrogen and oxygen atoms in total. The van der Waals surface area contributed by atoms with Crippen LogP contribution in [-0.2, 0) is 4.79 Å². The number of carbonyl (C=O) groups is 1. The van der Waals surface area contributed by atoms with Crippen molar-refractivity contribution >= 4 is 17.3 Å². The first kappa shape index (κ1) is 19.4. The van der Waals surface area contributed by atoms with Gasteiger partial charge in [-0.2, -0.15) is 5.26 Å². The Kier molecular flexibility index (Phi) is 5.95. The van der Waals surface area contributed by atoms with Gasteiger partial charge in [-0.1, -0.05) is 17.7 Å². The van der Waals surface area contributed by atoms with Crippen molar-refractivity contribution in [3.63, 3.8) is 0 Å². The number of piperazine rings is 1. The second kappa shape index (κ2) is 8.57. The summed E-state index contributed by atoms with van der Waals surface area (Å²) in [6, 6.07) is 14.2. The molecule has 1 saturated heterocycles. The van der Waals surface area contributed by atoms with Gasteiger partial charge in [0.15, 0.2) is 0 Å². The number of anilines is 2. The molecule has 28 heavy (non-hydrogen) atoms. The number of rotatable bonds is 4. The summed E-state index contributed by atoms with van der Waals surface area (Å²) < 4.78 is 13.1. The van der Waals surface area contributed by atoms with Crippen LogP contribution in [0.15, 0.2) is 54.2 Å². The van der Waals surface area contributed by atoms with Crippen molar-refractivity contribution < 1.29 is 9.18 Å². The predicted molar refractivity (Wildman–Crippen MR) is 108 cm³/mol. The van der Waals surface area contributed by atoms with Crippen LogP contribution >= 0.6 is 0 Å². The first-order valence-electron chi connectivity index (χ1n) is 9.21. The summed E-state index contributed by atoms with van der Waals surface area (Å²) in [6.45, 7) is 6.75. The van der Waals surface area contributed by atoms with Crippen LogP contribution in [0, 0.1) is 31.0 Å². The molecule has 2 aromatic rings.